The van der Waals surface area contributed by atoms with E-state index in [9.17, 15) is 4.79 Å². The van der Waals surface area contributed by atoms with E-state index in [1.165, 1.54) is 36.1 Å². The molecule has 1 aromatic carbocycles. The molecule has 2 heterocycles. The van der Waals surface area contributed by atoms with E-state index >= 15 is 0 Å². The minimum atomic E-state index is 0.154. The van der Waals surface area contributed by atoms with Gasteiger partial charge < -0.3 is 0 Å². The maximum Gasteiger partial charge on any atom is 0.263 e. The largest absolute Gasteiger partial charge is 0.283 e. The van der Waals surface area contributed by atoms with Crippen molar-refractivity contribution >= 4 is 33.3 Å². The summed E-state index contributed by atoms with van der Waals surface area (Å²) in [5.41, 5.74) is 2.89. The SMILES string of the molecule is CCCCCCSc1nc2sc3c(c2c(=O)n1Cc1ccccc1)CC[C@H](C(C)(C)C)C3. The Morgan fingerprint density at radius 1 is 1.16 bits per heavy atom. The fraction of sp³-hybridized carbons (Fsp3) is 0.556. The summed E-state index contributed by atoms with van der Waals surface area (Å²) in [4.78, 5) is 21.3. The van der Waals surface area contributed by atoms with Gasteiger partial charge in [-0.1, -0.05) is 89.1 Å². The monoisotopic (exact) mass is 468 g/mol. The first-order valence-electron chi connectivity index (χ1n) is 12.1. The van der Waals surface area contributed by atoms with Gasteiger partial charge in [-0.15, -0.1) is 11.3 Å². The Hall–Kier alpha value is -1.59. The number of hydrogen-bond donors (Lipinski definition) is 0. The second-order valence-electron chi connectivity index (χ2n) is 10.2. The first kappa shape index (κ1) is 23.6. The Morgan fingerprint density at radius 2 is 1.94 bits per heavy atom. The highest BCUT2D eigenvalue weighted by molar-refractivity contribution is 7.99. The van der Waals surface area contributed by atoms with E-state index in [1.54, 1.807) is 23.1 Å². The van der Waals surface area contributed by atoms with E-state index in [0.717, 1.165) is 46.0 Å². The number of rotatable bonds is 8. The smallest absolute Gasteiger partial charge is 0.263 e. The molecule has 3 aromatic rings. The number of aryl methyl sites for hydroxylation is 1. The molecule has 0 saturated carbocycles. The summed E-state index contributed by atoms with van der Waals surface area (Å²) in [5.74, 6) is 1.69. The number of hydrogen-bond acceptors (Lipinski definition) is 4. The van der Waals surface area contributed by atoms with Crippen LogP contribution in [0.2, 0.25) is 0 Å². The number of nitrogens with zero attached hydrogens (tertiary/aromatic N) is 2. The summed E-state index contributed by atoms with van der Waals surface area (Å²) in [6, 6.07) is 10.3. The highest BCUT2D eigenvalue weighted by Crippen LogP contribution is 2.42. The molecule has 1 aliphatic rings. The van der Waals surface area contributed by atoms with Gasteiger partial charge in [0.1, 0.15) is 4.83 Å². The van der Waals surface area contributed by atoms with Crippen LogP contribution in [0.5, 0.6) is 0 Å². The lowest BCUT2D eigenvalue weighted by atomic mass is 9.72. The van der Waals surface area contributed by atoms with E-state index in [4.69, 9.17) is 4.98 Å². The van der Waals surface area contributed by atoms with E-state index in [2.05, 4.69) is 39.8 Å². The Kier molecular flexibility index (Phi) is 7.46. The molecular weight excluding hydrogens is 432 g/mol. The van der Waals surface area contributed by atoms with Gasteiger partial charge in [0.15, 0.2) is 5.16 Å². The first-order chi connectivity index (χ1) is 15.4. The predicted molar refractivity (Wildman–Crippen MR) is 139 cm³/mol. The topological polar surface area (TPSA) is 34.9 Å². The van der Waals surface area contributed by atoms with Crippen molar-refractivity contribution < 1.29 is 0 Å². The van der Waals surface area contributed by atoms with E-state index < -0.39 is 0 Å². The Balaban J connectivity index is 1.72. The van der Waals surface area contributed by atoms with Crippen LogP contribution in [0.1, 0.15) is 75.8 Å². The standard InChI is InChI=1S/C27H36N2OS2/c1-5-6-7-11-16-31-26-28-24-23(25(30)29(26)18-19-12-9-8-10-13-19)21-15-14-20(27(2,3)4)17-22(21)32-24/h8-10,12-13,20H,5-7,11,14-18H2,1-4H3/t20-/m0/s1. The molecule has 0 spiro atoms. The lowest BCUT2D eigenvalue weighted by molar-refractivity contribution is 0.218. The second-order valence-corrected chi connectivity index (χ2v) is 12.3. The molecule has 172 valence electrons. The van der Waals surface area contributed by atoms with Crippen molar-refractivity contribution in [1.29, 1.82) is 0 Å². The van der Waals surface area contributed by atoms with Crippen LogP contribution in [0.3, 0.4) is 0 Å². The molecule has 0 fully saturated rings. The molecule has 0 aliphatic heterocycles. The van der Waals surface area contributed by atoms with Crippen LogP contribution in [-0.2, 0) is 19.4 Å². The third-order valence-electron chi connectivity index (χ3n) is 6.77. The van der Waals surface area contributed by atoms with Gasteiger partial charge in [-0.2, -0.15) is 0 Å². The molecule has 1 atom stereocenters. The Labute approximate surface area is 200 Å². The molecule has 4 rings (SSSR count). The van der Waals surface area contributed by atoms with Gasteiger partial charge in [-0.3, -0.25) is 9.36 Å². The molecular formula is C27H36N2OS2. The van der Waals surface area contributed by atoms with Crippen molar-refractivity contribution in [3.05, 3.63) is 56.7 Å². The van der Waals surface area contributed by atoms with Crippen LogP contribution < -0.4 is 5.56 Å². The van der Waals surface area contributed by atoms with Crippen LogP contribution >= 0.6 is 23.1 Å². The zero-order chi connectivity index (χ0) is 22.7. The van der Waals surface area contributed by atoms with Gasteiger partial charge >= 0.3 is 0 Å². The van der Waals surface area contributed by atoms with Crippen LogP contribution in [0.25, 0.3) is 10.2 Å². The highest BCUT2D eigenvalue weighted by Gasteiger charge is 2.32. The van der Waals surface area contributed by atoms with Gasteiger partial charge in [0, 0.05) is 10.6 Å². The molecule has 32 heavy (non-hydrogen) atoms. The molecule has 1 aliphatic carbocycles. The van der Waals surface area contributed by atoms with Gasteiger partial charge in [0.05, 0.1) is 11.9 Å². The number of thiophene rings is 1. The predicted octanol–water partition coefficient (Wildman–Crippen LogP) is 7.33. The molecule has 0 unspecified atom stereocenters. The molecule has 3 nitrogen and oxygen atoms in total. The highest BCUT2D eigenvalue weighted by atomic mass is 32.2. The number of benzene rings is 1. The van der Waals surface area contributed by atoms with E-state index in [1.807, 2.05) is 22.8 Å². The number of aromatic nitrogens is 2. The summed E-state index contributed by atoms with van der Waals surface area (Å²) in [7, 11) is 0. The van der Waals surface area contributed by atoms with Crippen molar-refractivity contribution in [2.75, 3.05) is 5.75 Å². The van der Waals surface area contributed by atoms with Crippen molar-refractivity contribution in [1.82, 2.24) is 9.55 Å². The van der Waals surface area contributed by atoms with Crippen molar-refractivity contribution in [2.45, 2.75) is 84.3 Å². The summed E-state index contributed by atoms with van der Waals surface area (Å²) in [6.07, 6.45) is 8.18. The van der Waals surface area contributed by atoms with E-state index in [-0.39, 0.29) is 5.56 Å². The molecule has 0 saturated heterocycles. The second kappa shape index (κ2) is 10.1. The van der Waals surface area contributed by atoms with Crippen molar-refractivity contribution in [3.63, 3.8) is 0 Å². The summed E-state index contributed by atoms with van der Waals surface area (Å²) in [5, 5.41) is 1.78. The maximum atomic E-state index is 13.8. The third kappa shape index (κ3) is 5.14. The van der Waals surface area contributed by atoms with Gasteiger partial charge in [0.25, 0.3) is 5.56 Å². The average molecular weight is 469 g/mol. The number of unbranched alkanes of at least 4 members (excludes halogenated alkanes) is 3. The van der Waals surface area contributed by atoms with Gasteiger partial charge in [-0.25, -0.2) is 4.98 Å². The molecule has 0 amide bonds. The summed E-state index contributed by atoms with van der Waals surface area (Å²) >= 11 is 3.53. The van der Waals surface area contributed by atoms with Crippen LogP contribution in [-0.4, -0.2) is 15.3 Å². The van der Waals surface area contributed by atoms with Crippen LogP contribution in [0.4, 0.5) is 0 Å². The Bertz CT molecular complexity index is 1110. The average Bonchev–Trinajstić information content (AvgIpc) is 3.14. The zero-order valence-corrected chi connectivity index (χ0v) is 21.6. The van der Waals surface area contributed by atoms with Gasteiger partial charge in [-0.05, 0) is 48.1 Å². The summed E-state index contributed by atoms with van der Waals surface area (Å²) < 4.78 is 1.94. The molecule has 2 aromatic heterocycles. The minimum Gasteiger partial charge on any atom is -0.283 e. The molecule has 0 N–H and O–H groups in total. The normalized spacial score (nSPS) is 16.4. The first-order valence-corrected chi connectivity index (χ1v) is 13.9. The molecule has 0 bridgehead atoms. The quantitative estimate of drug-likeness (QED) is 0.197. The van der Waals surface area contributed by atoms with Gasteiger partial charge in [0.2, 0.25) is 0 Å². The van der Waals surface area contributed by atoms with Crippen LogP contribution in [0.15, 0.2) is 40.3 Å². The molecule has 0 radical (unpaired) electrons. The Morgan fingerprint density at radius 3 is 2.66 bits per heavy atom. The van der Waals surface area contributed by atoms with Crippen molar-refractivity contribution in [2.24, 2.45) is 11.3 Å². The lowest BCUT2D eigenvalue weighted by Crippen LogP contribution is -2.27. The van der Waals surface area contributed by atoms with E-state index in [0.29, 0.717) is 17.9 Å². The number of thioether (sulfide) groups is 1. The fourth-order valence-electron chi connectivity index (χ4n) is 4.69. The number of fused-ring (bicyclic) bond motifs is 3. The maximum absolute atomic E-state index is 13.8. The fourth-order valence-corrected chi connectivity index (χ4v) is 7.02. The zero-order valence-electron chi connectivity index (χ0n) is 19.9. The third-order valence-corrected chi connectivity index (χ3v) is 8.98. The molecule has 5 heteroatoms. The van der Waals surface area contributed by atoms with Crippen LogP contribution in [0, 0.1) is 11.3 Å². The minimum absolute atomic E-state index is 0.154. The lowest BCUT2D eigenvalue weighted by Gasteiger charge is -2.33. The summed E-state index contributed by atoms with van der Waals surface area (Å²) in [6.45, 7) is 9.86. The van der Waals surface area contributed by atoms with Crippen molar-refractivity contribution in [3.8, 4) is 0 Å².